The van der Waals surface area contributed by atoms with E-state index in [1.54, 1.807) is 0 Å². The van der Waals surface area contributed by atoms with Crippen molar-refractivity contribution >= 4 is 0 Å². The minimum Gasteiger partial charge on any atom is -0.445 e. The van der Waals surface area contributed by atoms with Gasteiger partial charge in [0.1, 0.15) is 5.76 Å². The Balaban J connectivity index is 1.84. The molecule has 0 aromatic carbocycles. The number of nitrogens with one attached hydrogen (secondary N) is 1. The Labute approximate surface area is 123 Å². The molecule has 0 unspecified atom stereocenters. The summed E-state index contributed by atoms with van der Waals surface area (Å²) in [5.41, 5.74) is 0.448. The topological polar surface area (TPSA) is 38.1 Å². The van der Waals surface area contributed by atoms with Crippen molar-refractivity contribution in [2.24, 2.45) is 11.3 Å². The first-order valence-corrected chi connectivity index (χ1v) is 8.16. The fourth-order valence-electron chi connectivity index (χ4n) is 3.24. The number of rotatable bonds is 5. The van der Waals surface area contributed by atoms with Crippen molar-refractivity contribution in [1.82, 2.24) is 10.3 Å². The van der Waals surface area contributed by atoms with Crippen LogP contribution in [0.4, 0.5) is 0 Å². The Morgan fingerprint density at radius 1 is 1.25 bits per heavy atom. The van der Waals surface area contributed by atoms with Crippen LogP contribution in [-0.2, 0) is 6.42 Å². The number of aromatic nitrogens is 1. The van der Waals surface area contributed by atoms with Crippen LogP contribution in [0.25, 0.3) is 0 Å². The summed E-state index contributed by atoms with van der Waals surface area (Å²) in [4.78, 5) is 4.42. The SMILES string of the molecule is CCNCCc1ncc(C2CCC(C(C)(C)C)CC2)o1. The minimum atomic E-state index is 0.448. The van der Waals surface area contributed by atoms with Gasteiger partial charge in [0.15, 0.2) is 5.89 Å². The van der Waals surface area contributed by atoms with E-state index in [4.69, 9.17) is 4.42 Å². The summed E-state index contributed by atoms with van der Waals surface area (Å²) in [7, 11) is 0. The maximum Gasteiger partial charge on any atom is 0.195 e. The van der Waals surface area contributed by atoms with Crippen LogP contribution in [0, 0.1) is 11.3 Å². The Bertz CT molecular complexity index is 397. The number of nitrogens with zero attached hydrogens (tertiary/aromatic N) is 1. The molecule has 1 saturated carbocycles. The standard InChI is InChI=1S/C17H30N2O/c1-5-18-11-10-16-19-12-15(20-16)13-6-8-14(9-7-13)17(2,3)4/h12-14,18H,5-11H2,1-4H3. The Morgan fingerprint density at radius 3 is 2.55 bits per heavy atom. The van der Waals surface area contributed by atoms with Crippen LogP contribution in [0.15, 0.2) is 10.6 Å². The van der Waals surface area contributed by atoms with Crippen molar-refractivity contribution in [2.45, 2.75) is 65.7 Å². The number of oxazole rings is 1. The molecule has 0 atom stereocenters. The predicted molar refractivity (Wildman–Crippen MR) is 82.9 cm³/mol. The minimum absolute atomic E-state index is 0.448. The summed E-state index contributed by atoms with van der Waals surface area (Å²) < 4.78 is 5.94. The molecule has 1 N–H and O–H groups in total. The van der Waals surface area contributed by atoms with Gasteiger partial charge in [-0.25, -0.2) is 4.98 Å². The van der Waals surface area contributed by atoms with Crippen molar-refractivity contribution in [1.29, 1.82) is 0 Å². The van der Waals surface area contributed by atoms with Crippen molar-refractivity contribution in [3.8, 4) is 0 Å². The van der Waals surface area contributed by atoms with Gasteiger partial charge in [-0.2, -0.15) is 0 Å². The Kier molecular flexibility index (Phi) is 5.25. The molecule has 2 rings (SSSR count). The fraction of sp³-hybridized carbons (Fsp3) is 0.824. The first-order chi connectivity index (χ1) is 9.50. The number of hydrogen-bond acceptors (Lipinski definition) is 3. The second kappa shape index (κ2) is 6.75. The van der Waals surface area contributed by atoms with E-state index in [2.05, 4.69) is 38.0 Å². The van der Waals surface area contributed by atoms with E-state index in [-0.39, 0.29) is 0 Å². The monoisotopic (exact) mass is 278 g/mol. The van der Waals surface area contributed by atoms with E-state index in [1.807, 2.05) is 6.20 Å². The van der Waals surface area contributed by atoms with Gasteiger partial charge >= 0.3 is 0 Å². The lowest BCUT2D eigenvalue weighted by Crippen LogP contribution is -2.25. The lowest BCUT2D eigenvalue weighted by molar-refractivity contribution is 0.163. The van der Waals surface area contributed by atoms with Crippen LogP contribution in [0.5, 0.6) is 0 Å². The van der Waals surface area contributed by atoms with Gasteiger partial charge in [-0.05, 0) is 43.6 Å². The molecule has 1 aliphatic carbocycles. The highest BCUT2D eigenvalue weighted by Gasteiger charge is 2.31. The first-order valence-electron chi connectivity index (χ1n) is 8.16. The second-order valence-electron chi connectivity index (χ2n) is 7.17. The van der Waals surface area contributed by atoms with E-state index in [0.29, 0.717) is 11.3 Å². The lowest BCUT2D eigenvalue weighted by Gasteiger charge is -2.36. The number of likely N-dealkylation sites (N-methyl/N-ethyl adjacent to an activating group) is 1. The summed E-state index contributed by atoms with van der Waals surface area (Å²) in [5, 5.41) is 3.31. The van der Waals surface area contributed by atoms with Gasteiger partial charge in [-0.3, -0.25) is 0 Å². The molecule has 1 aromatic rings. The maximum absolute atomic E-state index is 5.94. The molecule has 1 aromatic heterocycles. The predicted octanol–water partition coefficient (Wildman–Crippen LogP) is 4.15. The maximum atomic E-state index is 5.94. The van der Waals surface area contributed by atoms with E-state index in [9.17, 15) is 0 Å². The molecular formula is C17H30N2O. The van der Waals surface area contributed by atoms with Crippen molar-refractivity contribution in [3.05, 3.63) is 17.8 Å². The van der Waals surface area contributed by atoms with Gasteiger partial charge in [0.25, 0.3) is 0 Å². The van der Waals surface area contributed by atoms with Crippen molar-refractivity contribution < 1.29 is 4.42 Å². The van der Waals surface area contributed by atoms with E-state index < -0.39 is 0 Å². The molecule has 1 fully saturated rings. The normalized spacial score (nSPS) is 24.0. The zero-order valence-corrected chi connectivity index (χ0v) is 13.5. The van der Waals surface area contributed by atoms with E-state index >= 15 is 0 Å². The van der Waals surface area contributed by atoms with Gasteiger partial charge in [0, 0.05) is 18.9 Å². The first kappa shape index (κ1) is 15.6. The van der Waals surface area contributed by atoms with Crippen LogP contribution in [-0.4, -0.2) is 18.1 Å². The molecule has 114 valence electrons. The highest BCUT2D eigenvalue weighted by atomic mass is 16.4. The average molecular weight is 278 g/mol. The van der Waals surface area contributed by atoms with Crippen molar-refractivity contribution in [2.75, 3.05) is 13.1 Å². The van der Waals surface area contributed by atoms with Crippen molar-refractivity contribution in [3.63, 3.8) is 0 Å². The summed E-state index contributed by atoms with van der Waals surface area (Å²) in [6.45, 7) is 11.2. The summed E-state index contributed by atoms with van der Waals surface area (Å²) in [6.07, 6.45) is 8.01. The molecule has 0 spiro atoms. The molecule has 3 heteroatoms. The molecule has 3 nitrogen and oxygen atoms in total. The van der Waals surface area contributed by atoms with Gasteiger partial charge in [0.05, 0.1) is 6.20 Å². The Hall–Kier alpha value is -0.830. The summed E-state index contributed by atoms with van der Waals surface area (Å²) >= 11 is 0. The third-order valence-electron chi connectivity index (χ3n) is 4.69. The molecule has 0 saturated heterocycles. The van der Waals surface area contributed by atoms with Crippen LogP contribution in [0.2, 0.25) is 0 Å². The molecule has 20 heavy (non-hydrogen) atoms. The number of hydrogen-bond donors (Lipinski definition) is 1. The quantitative estimate of drug-likeness (QED) is 0.822. The van der Waals surface area contributed by atoms with E-state index in [0.717, 1.165) is 37.1 Å². The molecule has 1 heterocycles. The van der Waals surface area contributed by atoms with Crippen LogP contribution in [0.1, 0.15) is 70.9 Å². The summed E-state index contributed by atoms with van der Waals surface area (Å²) in [6, 6.07) is 0. The third kappa shape index (κ3) is 4.08. The molecule has 0 bridgehead atoms. The lowest BCUT2D eigenvalue weighted by atomic mass is 9.69. The van der Waals surface area contributed by atoms with E-state index in [1.165, 1.54) is 25.7 Å². The molecule has 0 radical (unpaired) electrons. The molecule has 0 aliphatic heterocycles. The van der Waals surface area contributed by atoms with Gasteiger partial charge in [0.2, 0.25) is 0 Å². The highest BCUT2D eigenvalue weighted by Crippen LogP contribution is 2.43. The highest BCUT2D eigenvalue weighted by molar-refractivity contribution is 5.04. The van der Waals surface area contributed by atoms with Crippen LogP contribution >= 0.6 is 0 Å². The van der Waals surface area contributed by atoms with Crippen LogP contribution in [0.3, 0.4) is 0 Å². The zero-order valence-electron chi connectivity index (χ0n) is 13.5. The summed E-state index contributed by atoms with van der Waals surface area (Å²) in [5.74, 6) is 3.45. The van der Waals surface area contributed by atoms with Crippen LogP contribution < -0.4 is 5.32 Å². The Morgan fingerprint density at radius 2 is 1.95 bits per heavy atom. The molecule has 1 aliphatic rings. The third-order valence-corrected chi connectivity index (χ3v) is 4.69. The second-order valence-corrected chi connectivity index (χ2v) is 7.17. The van der Waals surface area contributed by atoms with Gasteiger partial charge in [-0.1, -0.05) is 27.7 Å². The average Bonchev–Trinajstić information content (AvgIpc) is 2.87. The molecule has 0 amide bonds. The smallest absolute Gasteiger partial charge is 0.195 e. The zero-order chi connectivity index (χ0) is 14.6. The fourth-order valence-corrected chi connectivity index (χ4v) is 3.24. The molecular weight excluding hydrogens is 248 g/mol. The van der Waals surface area contributed by atoms with Gasteiger partial charge in [-0.15, -0.1) is 0 Å². The largest absolute Gasteiger partial charge is 0.445 e. The van der Waals surface area contributed by atoms with Gasteiger partial charge < -0.3 is 9.73 Å².